The second kappa shape index (κ2) is 9.53. The summed E-state index contributed by atoms with van der Waals surface area (Å²) in [6.07, 6.45) is 0. The first-order valence-corrected chi connectivity index (χ1v) is 9.70. The van der Waals surface area contributed by atoms with Crippen LogP contribution in [0.3, 0.4) is 0 Å². The highest BCUT2D eigenvalue weighted by molar-refractivity contribution is 7.99. The van der Waals surface area contributed by atoms with Gasteiger partial charge >= 0.3 is 5.97 Å². The van der Waals surface area contributed by atoms with E-state index in [4.69, 9.17) is 25.8 Å². The third kappa shape index (κ3) is 5.21. The molecule has 0 aliphatic heterocycles. The number of hydrogen-bond donors (Lipinski definition) is 0. The predicted molar refractivity (Wildman–Crippen MR) is 111 cm³/mol. The first kappa shape index (κ1) is 20.1. The third-order valence-electron chi connectivity index (χ3n) is 3.90. The quantitative estimate of drug-likeness (QED) is 0.452. The van der Waals surface area contributed by atoms with Gasteiger partial charge in [-0.1, -0.05) is 53.7 Å². The molecule has 6 heteroatoms. The number of carbonyl (C=O) groups is 1. The van der Waals surface area contributed by atoms with Gasteiger partial charge in [0.1, 0.15) is 6.61 Å². The van der Waals surface area contributed by atoms with Crippen LogP contribution in [0.2, 0.25) is 5.02 Å². The van der Waals surface area contributed by atoms with Crippen LogP contribution < -0.4 is 9.47 Å². The lowest BCUT2D eigenvalue weighted by Crippen LogP contribution is -2.01. The Morgan fingerprint density at radius 2 is 1.71 bits per heavy atom. The summed E-state index contributed by atoms with van der Waals surface area (Å²) in [4.78, 5) is 13.5. The molecule has 0 amide bonds. The maximum atomic E-state index is 11.8. The zero-order valence-corrected chi connectivity index (χ0v) is 17.0. The minimum absolute atomic E-state index is 0.410. The molecule has 3 rings (SSSR count). The molecule has 0 spiro atoms. The Labute approximate surface area is 173 Å². The van der Waals surface area contributed by atoms with Gasteiger partial charge in [-0.2, -0.15) is 0 Å². The summed E-state index contributed by atoms with van der Waals surface area (Å²) in [5.41, 5.74) is 1.49. The van der Waals surface area contributed by atoms with E-state index in [0.29, 0.717) is 28.7 Å². The van der Waals surface area contributed by atoms with E-state index in [0.717, 1.165) is 15.4 Å². The highest BCUT2D eigenvalue weighted by Gasteiger charge is 2.11. The lowest BCUT2D eigenvalue weighted by atomic mass is 10.2. The first-order valence-electron chi connectivity index (χ1n) is 8.50. The van der Waals surface area contributed by atoms with Crippen molar-refractivity contribution >= 4 is 29.3 Å². The van der Waals surface area contributed by atoms with Crippen LogP contribution >= 0.6 is 23.4 Å². The Balaban J connectivity index is 1.77. The van der Waals surface area contributed by atoms with Crippen LogP contribution in [0.4, 0.5) is 0 Å². The summed E-state index contributed by atoms with van der Waals surface area (Å²) in [6, 6.07) is 20.8. The number of esters is 1. The molecule has 0 aliphatic rings. The molecule has 0 bridgehead atoms. The molecule has 0 saturated heterocycles. The largest absolute Gasteiger partial charge is 0.493 e. The molecule has 0 N–H and O–H groups in total. The number of hydrogen-bond acceptors (Lipinski definition) is 5. The molecule has 0 heterocycles. The Hall–Kier alpha value is -2.63. The molecule has 0 aliphatic carbocycles. The molecule has 4 nitrogen and oxygen atoms in total. The number of rotatable bonds is 7. The summed E-state index contributed by atoms with van der Waals surface area (Å²) < 4.78 is 16.1. The van der Waals surface area contributed by atoms with Gasteiger partial charge in [0, 0.05) is 14.8 Å². The molecule has 0 unspecified atom stereocenters. The van der Waals surface area contributed by atoms with Crippen molar-refractivity contribution in [1.82, 2.24) is 0 Å². The fourth-order valence-corrected chi connectivity index (χ4v) is 3.81. The molecule has 28 heavy (non-hydrogen) atoms. The number of carbonyl (C=O) groups excluding carboxylic acids is 1. The maximum Gasteiger partial charge on any atom is 0.337 e. The van der Waals surface area contributed by atoms with E-state index in [-0.39, 0.29) is 0 Å². The van der Waals surface area contributed by atoms with Crippen molar-refractivity contribution in [2.45, 2.75) is 16.4 Å². The van der Waals surface area contributed by atoms with E-state index < -0.39 is 5.97 Å². The molecule has 144 valence electrons. The average molecular weight is 415 g/mol. The molecule has 0 aromatic heterocycles. The Morgan fingerprint density at radius 1 is 0.929 bits per heavy atom. The second-order valence-corrected chi connectivity index (χ2v) is 7.44. The summed E-state index contributed by atoms with van der Waals surface area (Å²) in [7, 11) is 2.95. The molecule has 0 atom stereocenters. The van der Waals surface area contributed by atoms with Gasteiger partial charge in [0.15, 0.2) is 11.5 Å². The van der Waals surface area contributed by atoms with E-state index >= 15 is 0 Å². The van der Waals surface area contributed by atoms with E-state index in [9.17, 15) is 4.79 Å². The smallest absolute Gasteiger partial charge is 0.337 e. The van der Waals surface area contributed by atoms with Crippen LogP contribution in [-0.2, 0) is 11.3 Å². The average Bonchev–Trinajstić information content (AvgIpc) is 2.72. The lowest BCUT2D eigenvalue weighted by Gasteiger charge is -2.12. The van der Waals surface area contributed by atoms with Gasteiger partial charge in [0.25, 0.3) is 0 Å². The predicted octanol–water partition coefficient (Wildman–Crippen LogP) is 5.87. The second-order valence-electron chi connectivity index (χ2n) is 5.86. The van der Waals surface area contributed by atoms with Crippen molar-refractivity contribution in [1.29, 1.82) is 0 Å². The first-order chi connectivity index (χ1) is 13.6. The van der Waals surface area contributed by atoms with Crippen LogP contribution in [0.15, 0.2) is 76.5 Å². The minimum Gasteiger partial charge on any atom is -0.493 e. The van der Waals surface area contributed by atoms with Gasteiger partial charge in [-0.25, -0.2) is 4.79 Å². The summed E-state index contributed by atoms with van der Waals surface area (Å²) in [6.45, 7) is 0.459. The monoisotopic (exact) mass is 414 g/mol. The van der Waals surface area contributed by atoms with Gasteiger partial charge in [-0.15, -0.1) is 0 Å². The molecule has 0 saturated carbocycles. The highest BCUT2D eigenvalue weighted by atomic mass is 35.5. The van der Waals surface area contributed by atoms with Crippen LogP contribution in [0, 0.1) is 0 Å². The summed E-state index contributed by atoms with van der Waals surface area (Å²) in [5, 5.41) is 0.472. The Morgan fingerprint density at radius 3 is 2.43 bits per heavy atom. The van der Waals surface area contributed by atoms with E-state index in [1.807, 2.05) is 48.5 Å². The minimum atomic E-state index is -0.424. The molecular formula is C22H19ClO4S. The Bertz CT molecular complexity index is 960. The van der Waals surface area contributed by atoms with Gasteiger partial charge in [-0.05, 0) is 42.0 Å². The number of methoxy groups -OCH3 is 2. The lowest BCUT2D eigenvalue weighted by molar-refractivity contribution is 0.0600. The van der Waals surface area contributed by atoms with Gasteiger partial charge in [0.2, 0.25) is 0 Å². The summed E-state index contributed by atoms with van der Waals surface area (Å²) in [5.74, 6) is 0.875. The summed E-state index contributed by atoms with van der Waals surface area (Å²) >= 11 is 7.60. The Kier molecular flexibility index (Phi) is 6.85. The van der Waals surface area contributed by atoms with Crippen LogP contribution in [0.5, 0.6) is 11.5 Å². The fourth-order valence-electron chi connectivity index (χ4n) is 2.56. The molecule has 3 aromatic carbocycles. The normalized spacial score (nSPS) is 10.4. The third-order valence-corrected chi connectivity index (χ3v) is 5.08. The van der Waals surface area contributed by atoms with E-state index in [1.54, 1.807) is 25.3 Å². The molecule has 0 fully saturated rings. The van der Waals surface area contributed by atoms with Crippen LogP contribution in [0.1, 0.15) is 15.9 Å². The maximum absolute atomic E-state index is 11.8. The number of ether oxygens (including phenoxy) is 3. The van der Waals surface area contributed by atoms with E-state index in [2.05, 4.69) is 0 Å². The van der Waals surface area contributed by atoms with Gasteiger partial charge in [0.05, 0.1) is 19.8 Å². The fraction of sp³-hybridized carbons (Fsp3) is 0.136. The van der Waals surface area contributed by atoms with Crippen molar-refractivity contribution in [3.05, 3.63) is 82.9 Å². The van der Waals surface area contributed by atoms with Crippen molar-refractivity contribution in [3.8, 4) is 11.5 Å². The van der Waals surface area contributed by atoms with Crippen LogP contribution in [-0.4, -0.2) is 20.2 Å². The van der Waals surface area contributed by atoms with Gasteiger partial charge in [-0.3, -0.25) is 0 Å². The zero-order valence-electron chi connectivity index (χ0n) is 15.5. The SMILES string of the molecule is COC(=O)c1cc(Cl)cc(Sc2ccc(OCc3ccccc3)c(OC)c2)c1. The number of halogens is 1. The number of benzene rings is 3. The van der Waals surface area contributed by atoms with Crippen molar-refractivity contribution < 1.29 is 19.0 Å². The van der Waals surface area contributed by atoms with Crippen molar-refractivity contribution in [2.24, 2.45) is 0 Å². The van der Waals surface area contributed by atoms with Crippen LogP contribution in [0.25, 0.3) is 0 Å². The molecule has 3 aromatic rings. The van der Waals surface area contributed by atoms with Crippen molar-refractivity contribution in [3.63, 3.8) is 0 Å². The topological polar surface area (TPSA) is 44.8 Å². The van der Waals surface area contributed by atoms with E-state index in [1.165, 1.54) is 18.9 Å². The zero-order chi connectivity index (χ0) is 19.9. The highest BCUT2D eigenvalue weighted by Crippen LogP contribution is 2.37. The molecule has 0 radical (unpaired) electrons. The van der Waals surface area contributed by atoms with Gasteiger partial charge < -0.3 is 14.2 Å². The molecular weight excluding hydrogens is 396 g/mol. The standard InChI is InChI=1S/C22H19ClO4S/c1-25-21-13-18(8-9-20(21)27-14-15-6-4-3-5-7-15)28-19-11-16(22(24)26-2)10-17(23)12-19/h3-13H,14H2,1-2H3. The van der Waals surface area contributed by atoms with Crippen molar-refractivity contribution in [2.75, 3.05) is 14.2 Å².